The molecule has 0 atom stereocenters. The number of amides is 1. The number of carbonyl (C=O) groups is 2. The van der Waals surface area contributed by atoms with Crippen molar-refractivity contribution in [2.24, 2.45) is 5.73 Å². The number of hydrogen-bond donors (Lipinski definition) is 2. The van der Waals surface area contributed by atoms with Crippen LogP contribution in [0.2, 0.25) is 0 Å². The van der Waals surface area contributed by atoms with E-state index in [-0.39, 0.29) is 5.91 Å². The molecule has 1 aromatic rings. The van der Waals surface area contributed by atoms with E-state index in [1.807, 2.05) is 0 Å². The highest BCUT2D eigenvalue weighted by Gasteiger charge is 2.17. The van der Waals surface area contributed by atoms with E-state index in [0.717, 1.165) is 11.3 Å². The van der Waals surface area contributed by atoms with Crippen LogP contribution in [-0.4, -0.2) is 30.0 Å². The second-order valence-electron chi connectivity index (χ2n) is 3.59. The lowest BCUT2D eigenvalue weighted by atomic mass is 10.3. The molecule has 0 saturated carbocycles. The Morgan fingerprint density at radius 3 is 2.83 bits per heavy atom. The second kappa shape index (κ2) is 7.07. The smallest absolute Gasteiger partial charge is 0.350 e. The monoisotopic (exact) mass is 271 g/mol. The summed E-state index contributed by atoms with van der Waals surface area (Å²) in [7, 11) is 0. The molecule has 0 bridgehead atoms. The summed E-state index contributed by atoms with van der Waals surface area (Å²) in [4.78, 5) is 27.6. The normalized spacial score (nSPS) is 10.2. The Balaban J connectivity index is 2.66. The van der Waals surface area contributed by atoms with E-state index in [2.05, 4.69) is 10.3 Å². The Kier molecular flexibility index (Phi) is 5.73. The molecule has 0 aliphatic heterocycles. The number of anilines is 1. The van der Waals surface area contributed by atoms with Gasteiger partial charge in [-0.15, -0.1) is 0 Å². The van der Waals surface area contributed by atoms with Crippen molar-refractivity contribution in [2.45, 2.75) is 26.7 Å². The van der Waals surface area contributed by atoms with Crippen molar-refractivity contribution >= 4 is 28.3 Å². The molecule has 0 radical (unpaired) electrons. The minimum Gasteiger partial charge on any atom is -0.462 e. The van der Waals surface area contributed by atoms with Crippen molar-refractivity contribution in [3.05, 3.63) is 10.6 Å². The summed E-state index contributed by atoms with van der Waals surface area (Å²) < 4.78 is 4.89. The van der Waals surface area contributed by atoms with Gasteiger partial charge in [-0.3, -0.25) is 4.79 Å². The zero-order valence-corrected chi connectivity index (χ0v) is 11.3. The summed E-state index contributed by atoms with van der Waals surface area (Å²) in [6, 6.07) is 0. The first kappa shape index (κ1) is 14.6. The first-order valence-corrected chi connectivity index (χ1v) is 6.54. The maximum Gasteiger partial charge on any atom is 0.350 e. The van der Waals surface area contributed by atoms with Gasteiger partial charge in [-0.1, -0.05) is 11.3 Å². The van der Waals surface area contributed by atoms with Crippen LogP contribution in [0, 0.1) is 6.92 Å². The molecule has 0 unspecified atom stereocenters. The molecule has 0 aromatic carbocycles. The summed E-state index contributed by atoms with van der Waals surface area (Å²) in [5.41, 5.74) is 5.88. The van der Waals surface area contributed by atoms with Crippen LogP contribution >= 0.6 is 11.3 Å². The van der Waals surface area contributed by atoms with Gasteiger partial charge in [0.15, 0.2) is 5.13 Å². The van der Waals surface area contributed by atoms with Gasteiger partial charge in [0.1, 0.15) is 4.88 Å². The Hall–Kier alpha value is -1.47. The van der Waals surface area contributed by atoms with Gasteiger partial charge >= 0.3 is 5.97 Å². The second-order valence-corrected chi connectivity index (χ2v) is 4.59. The van der Waals surface area contributed by atoms with Crippen molar-refractivity contribution < 1.29 is 14.3 Å². The molecular formula is C11H17N3O3S. The summed E-state index contributed by atoms with van der Waals surface area (Å²) in [6.07, 6.45) is 0.977. The van der Waals surface area contributed by atoms with E-state index < -0.39 is 5.97 Å². The maximum absolute atomic E-state index is 11.6. The molecule has 1 heterocycles. The zero-order valence-electron chi connectivity index (χ0n) is 10.5. The van der Waals surface area contributed by atoms with Crippen molar-refractivity contribution in [1.29, 1.82) is 0 Å². The van der Waals surface area contributed by atoms with E-state index in [1.165, 1.54) is 0 Å². The SMILES string of the molecule is CCOC(=O)c1sc(NC(=O)CCCN)nc1C. The van der Waals surface area contributed by atoms with Gasteiger partial charge in [0.2, 0.25) is 5.91 Å². The number of nitrogens with two attached hydrogens (primary N) is 1. The third kappa shape index (κ3) is 4.08. The maximum atomic E-state index is 11.6. The largest absolute Gasteiger partial charge is 0.462 e. The van der Waals surface area contributed by atoms with Crippen LogP contribution < -0.4 is 11.1 Å². The number of nitrogens with one attached hydrogen (secondary N) is 1. The molecule has 0 saturated heterocycles. The number of carbonyl (C=O) groups excluding carboxylic acids is 2. The van der Waals surface area contributed by atoms with Crippen LogP contribution in [0.15, 0.2) is 0 Å². The fraction of sp³-hybridized carbons (Fsp3) is 0.545. The molecule has 0 aliphatic rings. The Morgan fingerprint density at radius 2 is 2.22 bits per heavy atom. The fourth-order valence-corrected chi connectivity index (χ4v) is 2.16. The fourth-order valence-electron chi connectivity index (χ4n) is 1.28. The van der Waals surface area contributed by atoms with Crippen LogP contribution in [0.3, 0.4) is 0 Å². The number of thiazole rings is 1. The first-order valence-electron chi connectivity index (χ1n) is 5.73. The van der Waals surface area contributed by atoms with Crippen LogP contribution in [0.4, 0.5) is 5.13 Å². The lowest BCUT2D eigenvalue weighted by molar-refractivity contribution is -0.116. The van der Waals surface area contributed by atoms with Crippen molar-refractivity contribution in [3.8, 4) is 0 Å². The number of rotatable bonds is 6. The quantitative estimate of drug-likeness (QED) is 0.761. The van der Waals surface area contributed by atoms with Gasteiger partial charge in [0.25, 0.3) is 0 Å². The highest BCUT2D eigenvalue weighted by Crippen LogP contribution is 2.23. The third-order valence-electron chi connectivity index (χ3n) is 2.11. The number of esters is 1. The minimum atomic E-state index is -0.407. The molecule has 1 aromatic heterocycles. The molecule has 7 heteroatoms. The van der Waals surface area contributed by atoms with E-state index in [1.54, 1.807) is 13.8 Å². The molecule has 6 nitrogen and oxygen atoms in total. The molecular weight excluding hydrogens is 254 g/mol. The van der Waals surface area contributed by atoms with Crippen LogP contribution in [0.5, 0.6) is 0 Å². The lowest BCUT2D eigenvalue weighted by Crippen LogP contribution is -2.13. The Morgan fingerprint density at radius 1 is 1.50 bits per heavy atom. The van der Waals surface area contributed by atoms with Gasteiger partial charge in [-0.05, 0) is 26.8 Å². The number of ether oxygens (including phenoxy) is 1. The zero-order chi connectivity index (χ0) is 13.5. The van der Waals surface area contributed by atoms with E-state index >= 15 is 0 Å². The van der Waals surface area contributed by atoms with E-state index in [4.69, 9.17) is 10.5 Å². The molecule has 1 amide bonds. The molecule has 100 valence electrons. The van der Waals surface area contributed by atoms with Gasteiger partial charge in [-0.2, -0.15) is 0 Å². The molecule has 18 heavy (non-hydrogen) atoms. The van der Waals surface area contributed by atoms with Crippen LogP contribution in [0.25, 0.3) is 0 Å². The number of aryl methyl sites for hydroxylation is 1. The van der Waals surface area contributed by atoms with Gasteiger partial charge in [0.05, 0.1) is 12.3 Å². The summed E-state index contributed by atoms with van der Waals surface area (Å²) in [5.74, 6) is -0.556. The van der Waals surface area contributed by atoms with Gasteiger partial charge in [0, 0.05) is 6.42 Å². The molecule has 0 fully saturated rings. The van der Waals surface area contributed by atoms with Crippen molar-refractivity contribution in [1.82, 2.24) is 4.98 Å². The first-order chi connectivity index (χ1) is 8.58. The molecule has 0 aliphatic carbocycles. The predicted molar refractivity (Wildman–Crippen MR) is 69.7 cm³/mol. The Bertz CT molecular complexity index is 431. The highest BCUT2D eigenvalue weighted by molar-refractivity contribution is 7.17. The number of nitrogens with zero attached hydrogens (tertiary/aromatic N) is 1. The minimum absolute atomic E-state index is 0.149. The highest BCUT2D eigenvalue weighted by atomic mass is 32.1. The average molecular weight is 271 g/mol. The van der Waals surface area contributed by atoms with E-state index in [0.29, 0.717) is 41.7 Å². The van der Waals surface area contributed by atoms with Crippen LogP contribution in [0.1, 0.15) is 35.1 Å². The third-order valence-corrected chi connectivity index (χ3v) is 3.16. The van der Waals surface area contributed by atoms with Crippen LogP contribution in [-0.2, 0) is 9.53 Å². The number of aromatic nitrogens is 1. The average Bonchev–Trinajstić information content (AvgIpc) is 2.68. The summed E-state index contributed by atoms with van der Waals surface area (Å²) in [6.45, 7) is 4.23. The predicted octanol–water partition coefficient (Wildman–Crippen LogP) is 1.31. The van der Waals surface area contributed by atoms with Gasteiger partial charge < -0.3 is 15.8 Å². The molecule has 1 rings (SSSR count). The van der Waals surface area contributed by atoms with E-state index in [9.17, 15) is 9.59 Å². The van der Waals surface area contributed by atoms with Crippen molar-refractivity contribution in [2.75, 3.05) is 18.5 Å². The summed E-state index contributed by atoms with van der Waals surface area (Å²) >= 11 is 1.12. The Labute approximate surface area is 110 Å². The topological polar surface area (TPSA) is 94.3 Å². The standard InChI is InChI=1S/C11H17N3O3S/c1-3-17-10(16)9-7(2)13-11(18-9)14-8(15)5-4-6-12/h3-6,12H2,1-2H3,(H,13,14,15). The number of hydrogen-bond acceptors (Lipinski definition) is 6. The van der Waals surface area contributed by atoms with Gasteiger partial charge in [-0.25, -0.2) is 9.78 Å². The summed E-state index contributed by atoms with van der Waals surface area (Å²) in [5, 5.41) is 3.05. The lowest BCUT2D eigenvalue weighted by Gasteiger charge is -1.99. The van der Waals surface area contributed by atoms with Crippen molar-refractivity contribution in [3.63, 3.8) is 0 Å². The molecule has 0 spiro atoms. The molecule has 3 N–H and O–H groups in total.